The molecule has 0 aliphatic rings. The molecule has 0 bridgehead atoms. The first kappa shape index (κ1) is 12.8. The van der Waals surface area contributed by atoms with Crippen LogP contribution >= 0.6 is 11.8 Å². The molecule has 0 aliphatic carbocycles. The van der Waals surface area contributed by atoms with Crippen molar-refractivity contribution in [1.82, 2.24) is 19.9 Å². The normalized spacial score (nSPS) is 10.8. The van der Waals surface area contributed by atoms with Crippen molar-refractivity contribution in [2.24, 2.45) is 7.05 Å². The predicted octanol–water partition coefficient (Wildman–Crippen LogP) is 1.13. The van der Waals surface area contributed by atoms with Gasteiger partial charge >= 0.3 is 0 Å². The van der Waals surface area contributed by atoms with E-state index in [0.29, 0.717) is 17.4 Å². The summed E-state index contributed by atoms with van der Waals surface area (Å²) in [6.07, 6.45) is 4.48. The van der Waals surface area contributed by atoms with E-state index >= 15 is 0 Å². The van der Waals surface area contributed by atoms with Gasteiger partial charge in [-0.25, -0.2) is 0 Å². The van der Waals surface area contributed by atoms with Crippen LogP contribution in [0.3, 0.4) is 0 Å². The average Bonchev–Trinajstić information content (AvgIpc) is 2.95. The van der Waals surface area contributed by atoms with Crippen LogP contribution < -0.4 is 0 Å². The Morgan fingerprint density at radius 2 is 2.39 bits per heavy atom. The molecule has 7 heteroatoms. The van der Waals surface area contributed by atoms with E-state index in [-0.39, 0.29) is 12.2 Å². The van der Waals surface area contributed by atoms with E-state index < -0.39 is 0 Å². The summed E-state index contributed by atoms with van der Waals surface area (Å²) in [6.45, 7) is 0. The van der Waals surface area contributed by atoms with Crippen LogP contribution in [0, 0.1) is 0 Å². The molecule has 2 rings (SSSR count). The van der Waals surface area contributed by atoms with E-state index in [9.17, 15) is 4.79 Å². The Morgan fingerprint density at radius 1 is 1.56 bits per heavy atom. The van der Waals surface area contributed by atoms with Gasteiger partial charge in [0.1, 0.15) is 5.69 Å². The van der Waals surface area contributed by atoms with Gasteiger partial charge in [-0.15, -0.1) is 0 Å². The van der Waals surface area contributed by atoms with E-state index in [2.05, 4.69) is 15.2 Å². The third kappa shape index (κ3) is 2.98. The van der Waals surface area contributed by atoms with Crippen LogP contribution in [0.25, 0.3) is 0 Å². The molecule has 0 N–H and O–H groups in total. The van der Waals surface area contributed by atoms with E-state index in [4.69, 9.17) is 4.52 Å². The minimum absolute atomic E-state index is 0.0740. The molecule has 0 fully saturated rings. The highest BCUT2D eigenvalue weighted by Crippen LogP contribution is 2.06. The molecule has 0 unspecified atom stereocenters. The van der Waals surface area contributed by atoms with Crippen molar-refractivity contribution in [3.63, 3.8) is 0 Å². The molecule has 0 radical (unpaired) electrons. The largest absolute Gasteiger partial charge is 0.339 e. The summed E-state index contributed by atoms with van der Waals surface area (Å²) in [5, 5.41) is 7.79. The number of Topliss-reactive ketones (excluding diaryl/α,β-unsaturated/α-hetero) is 1. The quantitative estimate of drug-likeness (QED) is 0.730. The van der Waals surface area contributed by atoms with Crippen LogP contribution in [-0.4, -0.2) is 37.7 Å². The summed E-state index contributed by atoms with van der Waals surface area (Å²) in [5.41, 5.74) is 0.541. The molecule has 0 spiro atoms. The lowest BCUT2D eigenvalue weighted by Gasteiger charge is -1.97. The maximum absolute atomic E-state index is 11.9. The van der Waals surface area contributed by atoms with Crippen molar-refractivity contribution < 1.29 is 9.32 Å². The average molecular weight is 266 g/mol. The summed E-state index contributed by atoms with van der Waals surface area (Å²) in [6, 6.07) is 1.67. The number of aryl methyl sites for hydroxylation is 2. The Hall–Kier alpha value is -1.63. The minimum atomic E-state index is -0.0740. The molecule has 0 saturated heterocycles. The molecule has 0 saturated carbocycles. The summed E-state index contributed by atoms with van der Waals surface area (Å²) in [5.74, 6) is 1.87. The molecule has 6 nitrogen and oxygen atoms in total. The molecule has 2 aromatic rings. The van der Waals surface area contributed by atoms with Gasteiger partial charge in [0.25, 0.3) is 0 Å². The molecule has 0 amide bonds. The molecular weight excluding hydrogens is 252 g/mol. The Labute approximate surface area is 109 Å². The van der Waals surface area contributed by atoms with Gasteiger partial charge in [-0.05, 0) is 12.3 Å². The van der Waals surface area contributed by atoms with Crippen molar-refractivity contribution in [3.8, 4) is 0 Å². The minimum Gasteiger partial charge on any atom is -0.339 e. The number of ketones is 1. The zero-order valence-electron chi connectivity index (χ0n) is 10.3. The Bertz CT molecular complexity index is 535. The van der Waals surface area contributed by atoms with Crippen LogP contribution in [0.5, 0.6) is 0 Å². The van der Waals surface area contributed by atoms with Crippen molar-refractivity contribution >= 4 is 17.5 Å². The lowest BCUT2D eigenvalue weighted by molar-refractivity contribution is 0.0974. The van der Waals surface area contributed by atoms with Crippen LogP contribution in [0.2, 0.25) is 0 Å². The van der Waals surface area contributed by atoms with Crippen LogP contribution in [0.15, 0.2) is 16.8 Å². The summed E-state index contributed by atoms with van der Waals surface area (Å²) in [7, 11) is 1.73. The molecule has 96 valence electrons. The van der Waals surface area contributed by atoms with Gasteiger partial charge < -0.3 is 4.52 Å². The van der Waals surface area contributed by atoms with E-state index in [1.165, 1.54) is 4.68 Å². The fraction of sp³-hybridized carbons (Fsp3) is 0.455. The summed E-state index contributed by atoms with van der Waals surface area (Å²) in [4.78, 5) is 16.1. The maximum atomic E-state index is 11.9. The lowest BCUT2D eigenvalue weighted by atomic mass is 10.2. The standard InChI is InChI=1S/C11H14N4O2S/c1-15-8(3-5-12-15)9(16)7-11-13-10(14-17-11)4-6-18-2/h3,5H,4,6-7H2,1-2H3. The number of hydrogen-bond acceptors (Lipinski definition) is 6. The van der Waals surface area contributed by atoms with Crippen LogP contribution in [-0.2, 0) is 19.9 Å². The predicted molar refractivity (Wildman–Crippen MR) is 67.6 cm³/mol. The van der Waals surface area contributed by atoms with Crippen molar-refractivity contribution in [2.75, 3.05) is 12.0 Å². The van der Waals surface area contributed by atoms with E-state index in [1.807, 2.05) is 6.26 Å². The summed E-state index contributed by atoms with van der Waals surface area (Å²) < 4.78 is 6.58. The number of carbonyl (C=O) groups is 1. The van der Waals surface area contributed by atoms with Crippen LogP contribution in [0.4, 0.5) is 0 Å². The number of rotatable bonds is 6. The molecular formula is C11H14N4O2S. The monoisotopic (exact) mass is 266 g/mol. The number of nitrogens with zero attached hydrogens (tertiary/aromatic N) is 4. The van der Waals surface area contributed by atoms with Crippen LogP contribution in [0.1, 0.15) is 22.2 Å². The molecule has 0 aromatic carbocycles. The van der Waals surface area contributed by atoms with Gasteiger partial charge in [0.15, 0.2) is 11.6 Å². The van der Waals surface area contributed by atoms with Gasteiger partial charge in [-0.1, -0.05) is 5.16 Å². The van der Waals surface area contributed by atoms with E-state index in [0.717, 1.165) is 12.2 Å². The van der Waals surface area contributed by atoms with Gasteiger partial charge in [-0.2, -0.15) is 21.8 Å². The molecule has 0 aliphatic heterocycles. The zero-order valence-corrected chi connectivity index (χ0v) is 11.1. The molecule has 2 aromatic heterocycles. The third-order valence-corrected chi connectivity index (χ3v) is 3.07. The first-order valence-corrected chi connectivity index (χ1v) is 6.91. The fourth-order valence-corrected chi connectivity index (χ4v) is 1.92. The SMILES string of the molecule is CSCCc1noc(CC(=O)c2ccnn2C)n1. The smallest absolute Gasteiger partial charge is 0.234 e. The van der Waals surface area contributed by atoms with Crippen molar-refractivity contribution in [3.05, 3.63) is 29.7 Å². The Balaban J connectivity index is 1.99. The second-order valence-corrected chi connectivity index (χ2v) is 4.77. The van der Waals surface area contributed by atoms with Gasteiger partial charge in [0.2, 0.25) is 5.89 Å². The highest BCUT2D eigenvalue weighted by molar-refractivity contribution is 7.98. The first-order valence-electron chi connectivity index (χ1n) is 5.52. The third-order valence-electron chi connectivity index (χ3n) is 2.46. The number of aromatic nitrogens is 4. The van der Waals surface area contributed by atoms with Crippen molar-refractivity contribution in [2.45, 2.75) is 12.8 Å². The number of thioether (sulfide) groups is 1. The van der Waals surface area contributed by atoms with Crippen molar-refractivity contribution in [1.29, 1.82) is 0 Å². The number of carbonyl (C=O) groups excluding carboxylic acids is 1. The second-order valence-electron chi connectivity index (χ2n) is 3.79. The maximum Gasteiger partial charge on any atom is 0.234 e. The lowest BCUT2D eigenvalue weighted by Crippen LogP contribution is -2.09. The van der Waals surface area contributed by atoms with Gasteiger partial charge in [0, 0.05) is 25.4 Å². The highest BCUT2D eigenvalue weighted by Gasteiger charge is 2.15. The Kier molecular flexibility index (Phi) is 4.14. The Morgan fingerprint density at radius 3 is 3.06 bits per heavy atom. The number of hydrogen-bond donors (Lipinski definition) is 0. The first-order chi connectivity index (χ1) is 8.70. The zero-order chi connectivity index (χ0) is 13.0. The summed E-state index contributed by atoms with van der Waals surface area (Å²) >= 11 is 1.72. The highest BCUT2D eigenvalue weighted by atomic mass is 32.2. The molecule has 18 heavy (non-hydrogen) atoms. The van der Waals surface area contributed by atoms with Gasteiger partial charge in [0.05, 0.1) is 6.42 Å². The molecule has 2 heterocycles. The fourth-order valence-electron chi connectivity index (χ4n) is 1.53. The van der Waals surface area contributed by atoms with Gasteiger partial charge in [-0.3, -0.25) is 9.48 Å². The topological polar surface area (TPSA) is 73.8 Å². The molecule has 0 atom stereocenters. The second kappa shape index (κ2) is 5.81. The van der Waals surface area contributed by atoms with E-state index in [1.54, 1.807) is 31.1 Å².